The first-order chi connectivity index (χ1) is 13.4. The van der Waals surface area contributed by atoms with Crippen molar-refractivity contribution in [1.29, 1.82) is 0 Å². The van der Waals surface area contributed by atoms with Crippen LogP contribution in [0.15, 0.2) is 0 Å². The van der Waals surface area contributed by atoms with Crippen LogP contribution in [0.5, 0.6) is 0 Å². The minimum atomic E-state index is -5.11. The monoisotopic (exact) mass is 447 g/mol. The number of carbonyl (C=O) groups is 1. The second-order valence-electron chi connectivity index (χ2n) is 6.74. The Kier molecular flexibility index (Phi) is 7.91. The van der Waals surface area contributed by atoms with Crippen LogP contribution in [0.1, 0.15) is 13.8 Å². The van der Waals surface area contributed by atoms with Gasteiger partial charge in [-0.05, 0) is 6.92 Å². The molecule has 0 unspecified atom stereocenters. The Morgan fingerprint density at radius 3 is 2.21 bits per heavy atom. The number of ether oxygens (including phenoxy) is 3. The molecule has 1 amide bonds. The molecule has 170 valence electrons. The van der Waals surface area contributed by atoms with E-state index < -0.39 is 84.3 Å². The summed E-state index contributed by atoms with van der Waals surface area (Å²) in [7, 11) is -5.11. The summed E-state index contributed by atoms with van der Waals surface area (Å²) in [6, 6.07) is -1.31. The summed E-state index contributed by atoms with van der Waals surface area (Å²) in [5.41, 5.74) is 0. The minimum absolute atomic E-state index is 0.602. The van der Waals surface area contributed by atoms with E-state index in [1.54, 1.807) is 0 Å². The Morgan fingerprint density at radius 2 is 1.69 bits per heavy atom. The van der Waals surface area contributed by atoms with E-state index in [0.29, 0.717) is 0 Å². The standard InChI is InChI=1S/C14H25NO13S/c1-4-8(18)11(7(13(21)25-4)15-5(2)17)27-14-10(20)12(28-29(22,23)24)9(19)6(3-16)26-14/h4,6-14,16,18-21H,3H2,1-2H3,(H,15,17)(H,22,23,24)/t4-,6+,7-,8+,9-,10+,11-,12-,13+,14-/m0/s1. The number of nitrogens with one attached hydrogen (secondary N) is 1. The fourth-order valence-corrected chi connectivity index (χ4v) is 3.66. The Labute approximate surface area is 165 Å². The molecule has 0 radical (unpaired) electrons. The molecule has 2 aliphatic heterocycles. The van der Waals surface area contributed by atoms with Crippen molar-refractivity contribution >= 4 is 16.3 Å². The van der Waals surface area contributed by atoms with Crippen molar-refractivity contribution in [3.63, 3.8) is 0 Å². The van der Waals surface area contributed by atoms with E-state index in [0.717, 1.165) is 6.92 Å². The zero-order chi connectivity index (χ0) is 22.1. The number of aliphatic hydroxyl groups excluding tert-OH is 5. The second kappa shape index (κ2) is 9.44. The molecule has 0 saturated carbocycles. The van der Waals surface area contributed by atoms with Gasteiger partial charge in [0.25, 0.3) is 0 Å². The van der Waals surface area contributed by atoms with Crippen molar-refractivity contribution < 1.29 is 61.7 Å². The number of rotatable bonds is 6. The fourth-order valence-electron chi connectivity index (χ4n) is 3.15. The van der Waals surface area contributed by atoms with E-state index in [-0.39, 0.29) is 0 Å². The van der Waals surface area contributed by atoms with Crippen LogP contribution < -0.4 is 5.32 Å². The molecule has 2 saturated heterocycles. The molecule has 10 atom stereocenters. The van der Waals surface area contributed by atoms with E-state index in [1.807, 2.05) is 0 Å². The Morgan fingerprint density at radius 1 is 1.07 bits per heavy atom. The van der Waals surface area contributed by atoms with Gasteiger partial charge in [0.15, 0.2) is 12.6 Å². The molecule has 2 aliphatic rings. The summed E-state index contributed by atoms with van der Waals surface area (Å²) in [6.45, 7) is 1.69. The van der Waals surface area contributed by atoms with E-state index in [2.05, 4.69) is 9.50 Å². The maximum atomic E-state index is 11.4. The number of carbonyl (C=O) groups excluding carboxylic acids is 1. The van der Waals surface area contributed by atoms with Gasteiger partial charge in [-0.15, -0.1) is 0 Å². The van der Waals surface area contributed by atoms with E-state index in [1.165, 1.54) is 6.92 Å². The molecule has 2 rings (SSSR count). The lowest BCUT2D eigenvalue weighted by atomic mass is 9.96. The molecule has 15 heteroatoms. The molecule has 14 nitrogen and oxygen atoms in total. The molecule has 0 aromatic heterocycles. The van der Waals surface area contributed by atoms with Gasteiger partial charge in [0.05, 0.1) is 12.7 Å². The van der Waals surface area contributed by atoms with Crippen LogP contribution >= 0.6 is 0 Å². The normalized spacial score (nSPS) is 43.7. The maximum Gasteiger partial charge on any atom is 0.397 e. The van der Waals surface area contributed by atoms with Gasteiger partial charge in [-0.3, -0.25) is 9.35 Å². The Hall–Kier alpha value is -0.980. The lowest BCUT2D eigenvalue weighted by molar-refractivity contribution is -0.337. The first-order valence-corrected chi connectivity index (χ1v) is 9.94. The molecule has 7 N–H and O–H groups in total. The molecule has 29 heavy (non-hydrogen) atoms. The highest BCUT2D eigenvalue weighted by Crippen LogP contribution is 2.30. The number of amides is 1. The average Bonchev–Trinajstić information content (AvgIpc) is 2.60. The molecule has 2 fully saturated rings. The van der Waals surface area contributed by atoms with Gasteiger partial charge in [0, 0.05) is 6.92 Å². The molecule has 0 aromatic rings. The van der Waals surface area contributed by atoms with Crippen molar-refractivity contribution in [3.05, 3.63) is 0 Å². The smallest absolute Gasteiger partial charge is 0.394 e. The number of hydrogen-bond acceptors (Lipinski definition) is 12. The molecular weight excluding hydrogens is 422 g/mol. The molecule has 2 heterocycles. The largest absolute Gasteiger partial charge is 0.397 e. The second-order valence-corrected chi connectivity index (χ2v) is 7.79. The summed E-state index contributed by atoms with van der Waals surface area (Å²) in [5.74, 6) is -0.602. The first-order valence-electron chi connectivity index (χ1n) is 8.58. The summed E-state index contributed by atoms with van der Waals surface area (Å²) < 4.78 is 51.0. The molecular formula is C14H25NO13S. The minimum Gasteiger partial charge on any atom is -0.394 e. The molecule has 0 spiro atoms. The third-order valence-electron chi connectivity index (χ3n) is 4.55. The van der Waals surface area contributed by atoms with E-state index in [4.69, 9.17) is 18.8 Å². The summed E-state index contributed by atoms with van der Waals surface area (Å²) in [6.07, 6.45) is -14.6. The van der Waals surface area contributed by atoms with Crippen LogP contribution in [0.2, 0.25) is 0 Å². The molecule has 0 bridgehead atoms. The van der Waals surface area contributed by atoms with Crippen LogP contribution in [-0.4, -0.2) is 112 Å². The summed E-state index contributed by atoms with van der Waals surface area (Å²) >= 11 is 0. The highest BCUT2D eigenvalue weighted by molar-refractivity contribution is 7.80. The lowest BCUT2D eigenvalue weighted by Crippen LogP contribution is -2.67. The van der Waals surface area contributed by atoms with Gasteiger partial charge in [0.2, 0.25) is 5.91 Å². The highest BCUT2D eigenvalue weighted by Gasteiger charge is 2.51. The predicted octanol–water partition coefficient (Wildman–Crippen LogP) is -4.40. The van der Waals surface area contributed by atoms with Crippen LogP contribution in [0.25, 0.3) is 0 Å². The summed E-state index contributed by atoms with van der Waals surface area (Å²) in [5, 5.41) is 52.5. The van der Waals surface area contributed by atoms with Crippen molar-refractivity contribution in [2.75, 3.05) is 6.61 Å². The summed E-state index contributed by atoms with van der Waals surface area (Å²) in [4.78, 5) is 11.4. The zero-order valence-corrected chi connectivity index (χ0v) is 16.2. The topological polar surface area (TPSA) is 222 Å². The Balaban J connectivity index is 2.28. The van der Waals surface area contributed by atoms with Gasteiger partial charge in [-0.1, -0.05) is 0 Å². The van der Waals surface area contributed by atoms with Gasteiger partial charge in [0.1, 0.15) is 42.7 Å². The van der Waals surface area contributed by atoms with Crippen molar-refractivity contribution in [3.8, 4) is 0 Å². The van der Waals surface area contributed by atoms with Crippen molar-refractivity contribution in [1.82, 2.24) is 5.32 Å². The van der Waals surface area contributed by atoms with Gasteiger partial charge in [-0.2, -0.15) is 8.42 Å². The van der Waals surface area contributed by atoms with Gasteiger partial charge in [-0.25, -0.2) is 4.18 Å². The predicted molar refractivity (Wildman–Crippen MR) is 89.2 cm³/mol. The molecule has 0 aromatic carbocycles. The first kappa shape index (κ1) is 24.3. The number of hydrogen-bond donors (Lipinski definition) is 7. The van der Waals surface area contributed by atoms with E-state index >= 15 is 0 Å². The molecule has 0 aliphatic carbocycles. The average molecular weight is 447 g/mol. The lowest BCUT2D eigenvalue weighted by Gasteiger charge is -2.46. The quantitative estimate of drug-likeness (QED) is 0.191. The zero-order valence-electron chi connectivity index (χ0n) is 15.4. The van der Waals surface area contributed by atoms with E-state index in [9.17, 15) is 38.7 Å². The number of aliphatic hydroxyl groups is 5. The van der Waals surface area contributed by atoms with Crippen LogP contribution in [0.4, 0.5) is 0 Å². The van der Waals surface area contributed by atoms with Crippen LogP contribution in [-0.2, 0) is 33.6 Å². The van der Waals surface area contributed by atoms with Crippen LogP contribution in [0, 0.1) is 0 Å². The maximum absolute atomic E-state index is 11.4. The SMILES string of the molecule is CC(=O)N[C@H]1[C@H](O[C@@H]2O[C@H](CO)[C@H](O)[C@H](OS(=O)(=O)O)[C@H]2O)[C@H](O)[C@H](C)O[C@H]1O. The Bertz CT molecular complexity index is 674. The third kappa shape index (κ3) is 5.80. The fraction of sp³-hybridized carbons (Fsp3) is 0.929. The highest BCUT2D eigenvalue weighted by atomic mass is 32.3. The van der Waals surface area contributed by atoms with Gasteiger partial charge < -0.3 is 45.1 Å². The van der Waals surface area contributed by atoms with Crippen molar-refractivity contribution in [2.45, 2.75) is 75.2 Å². The van der Waals surface area contributed by atoms with Crippen LogP contribution in [0.3, 0.4) is 0 Å². The van der Waals surface area contributed by atoms with Gasteiger partial charge >= 0.3 is 10.4 Å². The van der Waals surface area contributed by atoms with Crippen molar-refractivity contribution in [2.24, 2.45) is 0 Å². The third-order valence-corrected chi connectivity index (χ3v) is 5.01.